The molecule has 5 N–H and O–H groups in total. The first-order chi connectivity index (χ1) is 9.88. The van der Waals surface area contributed by atoms with Crippen molar-refractivity contribution in [1.29, 1.82) is 0 Å². The van der Waals surface area contributed by atoms with Gasteiger partial charge in [-0.05, 0) is 35.0 Å². The van der Waals surface area contributed by atoms with Crippen molar-refractivity contribution in [2.24, 2.45) is 0 Å². The molecular formula is C15H10O6. The van der Waals surface area contributed by atoms with Crippen LogP contribution in [0.3, 0.4) is 0 Å². The molecule has 0 spiro atoms. The van der Waals surface area contributed by atoms with Crippen LogP contribution in [0.25, 0.3) is 21.5 Å². The third-order valence-electron chi connectivity index (χ3n) is 3.31. The van der Waals surface area contributed by atoms with Crippen LogP contribution in [0, 0.1) is 0 Å². The van der Waals surface area contributed by atoms with E-state index in [4.69, 9.17) is 5.11 Å². The Balaban J connectivity index is 2.53. The molecule has 0 atom stereocenters. The van der Waals surface area contributed by atoms with Crippen LogP contribution in [0.5, 0.6) is 23.0 Å². The van der Waals surface area contributed by atoms with E-state index in [0.29, 0.717) is 5.39 Å². The Morgan fingerprint density at radius 3 is 1.95 bits per heavy atom. The van der Waals surface area contributed by atoms with Crippen LogP contribution in [-0.4, -0.2) is 31.5 Å². The lowest BCUT2D eigenvalue weighted by Crippen LogP contribution is -1.96. The molecule has 0 fully saturated rings. The molecule has 0 aromatic heterocycles. The minimum atomic E-state index is -1.22. The standard InChI is InChI=1S/C15H10O6/c16-9-3-7-1-6-2-8(15(20)21)4-10(17)12(6)14(19)13(7)11(18)5-9/h1-5,16-19H,(H,20,21). The normalized spacial score (nSPS) is 11.0. The summed E-state index contributed by atoms with van der Waals surface area (Å²) >= 11 is 0. The van der Waals surface area contributed by atoms with Gasteiger partial charge in [-0.1, -0.05) is 0 Å². The molecule has 0 bridgehead atoms. The van der Waals surface area contributed by atoms with E-state index in [2.05, 4.69) is 0 Å². The predicted molar refractivity (Wildman–Crippen MR) is 75.1 cm³/mol. The fraction of sp³-hybridized carbons (Fsp3) is 0. The maximum atomic E-state index is 11.0. The molecule has 0 radical (unpaired) electrons. The van der Waals surface area contributed by atoms with E-state index < -0.39 is 11.7 Å². The van der Waals surface area contributed by atoms with Crippen LogP contribution in [-0.2, 0) is 0 Å². The van der Waals surface area contributed by atoms with Gasteiger partial charge in [-0.2, -0.15) is 0 Å². The van der Waals surface area contributed by atoms with Gasteiger partial charge in [0.2, 0.25) is 0 Å². The van der Waals surface area contributed by atoms with Crippen molar-refractivity contribution in [2.75, 3.05) is 0 Å². The average Bonchev–Trinajstić information content (AvgIpc) is 2.36. The highest BCUT2D eigenvalue weighted by molar-refractivity contribution is 6.11. The van der Waals surface area contributed by atoms with Crippen molar-refractivity contribution in [3.05, 3.63) is 35.9 Å². The summed E-state index contributed by atoms with van der Waals surface area (Å²) in [5.74, 6) is -2.54. The molecule has 106 valence electrons. The molecule has 0 saturated carbocycles. The molecule has 0 amide bonds. The van der Waals surface area contributed by atoms with Gasteiger partial charge in [0, 0.05) is 6.07 Å². The zero-order valence-electron chi connectivity index (χ0n) is 10.5. The van der Waals surface area contributed by atoms with Gasteiger partial charge < -0.3 is 25.5 Å². The van der Waals surface area contributed by atoms with E-state index in [-0.39, 0.29) is 39.0 Å². The van der Waals surface area contributed by atoms with E-state index in [1.54, 1.807) is 0 Å². The first kappa shape index (κ1) is 12.9. The summed E-state index contributed by atoms with van der Waals surface area (Å²) in [6.07, 6.45) is 0. The lowest BCUT2D eigenvalue weighted by molar-refractivity contribution is 0.0696. The Hall–Kier alpha value is -3.15. The highest BCUT2D eigenvalue weighted by Gasteiger charge is 2.17. The maximum Gasteiger partial charge on any atom is 0.335 e. The molecule has 3 aromatic rings. The monoisotopic (exact) mass is 286 g/mol. The predicted octanol–water partition coefficient (Wildman–Crippen LogP) is 2.51. The third kappa shape index (κ3) is 1.85. The summed E-state index contributed by atoms with van der Waals surface area (Å²) in [6.45, 7) is 0. The SMILES string of the molecule is O=C(O)c1cc(O)c2c(O)c3c(O)cc(O)cc3cc2c1. The highest BCUT2D eigenvalue weighted by atomic mass is 16.4. The van der Waals surface area contributed by atoms with E-state index in [1.807, 2.05) is 0 Å². The number of rotatable bonds is 1. The van der Waals surface area contributed by atoms with Gasteiger partial charge in [0.1, 0.15) is 23.0 Å². The zero-order valence-corrected chi connectivity index (χ0v) is 10.5. The quantitative estimate of drug-likeness (QED) is 0.439. The first-order valence-electron chi connectivity index (χ1n) is 5.96. The number of fused-ring (bicyclic) bond motifs is 2. The number of phenolic OH excluding ortho intramolecular Hbond substituents is 4. The summed E-state index contributed by atoms with van der Waals surface area (Å²) in [6, 6.07) is 6.16. The van der Waals surface area contributed by atoms with E-state index in [9.17, 15) is 25.2 Å². The molecular weight excluding hydrogens is 276 g/mol. The molecule has 0 unspecified atom stereocenters. The number of aromatic carboxylic acids is 1. The van der Waals surface area contributed by atoms with Crippen LogP contribution in [0.4, 0.5) is 0 Å². The Morgan fingerprint density at radius 1 is 0.762 bits per heavy atom. The Kier molecular flexibility index (Phi) is 2.56. The van der Waals surface area contributed by atoms with E-state index >= 15 is 0 Å². The second-order valence-electron chi connectivity index (χ2n) is 4.69. The molecule has 0 saturated heterocycles. The number of carboxylic acid groups (broad SMARTS) is 1. The van der Waals surface area contributed by atoms with Gasteiger partial charge >= 0.3 is 5.97 Å². The number of carbonyl (C=O) groups is 1. The lowest BCUT2D eigenvalue weighted by atomic mass is 9.98. The van der Waals surface area contributed by atoms with Crippen LogP contribution in [0.15, 0.2) is 30.3 Å². The zero-order chi connectivity index (χ0) is 15.3. The van der Waals surface area contributed by atoms with Gasteiger partial charge in [-0.15, -0.1) is 0 Å². The Bertz CT molecular complexity index is 913. The number of hydrogen-bond donors (Lipinski definition) is 5. The molecule has 0 aliphatic rings. The van der Waals surface area contributed by atoms with Crippen LogP contribution in [0.2, 0.25) is 0 Å². The van der Waals surface area contributed by atoms with Crippen molar-refractivity contribution in [3.63, 3.8) is 0 Å². The van der Waals surface area contributed by atoms with Gasteiger partial charge in [0.15, 0.2) is 0 Å². The van der Waals surface area contributed by atoms with E-state index in [1.165, 1.54) is 18.2 Å². The maximum absolute atomic E-state index is 11.0. The highest BCUT2D eigenvalue weighted by Crippen LogP contribution is 2.44. The number of hydrogen-bond acceptors (Lipinski definition) is 5. The summed E-state index contributed by atoms with van der Waals surface area (Å²) < 4.78 is 0. The van der Waals surface area contributed by atoms with Crippen molar-refractivity contribution in [3.8, 4) is 23.0 Å². The smallest absolute Gasteiger partial charge is 0.335 e. The van der Waals surface area contributed by atoms with E-state index in [0.717, 1.165) is 12.1 Å². The van der Waals surface area contributed by atoms with Crippen LogP contribution >= 0.6 is 0 Å². The Morgan fingerprint density at radius 2 is 1.33 bits per heavy atom. The fourth-order valence-electron chi connectivity index (χ4n) is 2.44. The number of phenols is 4. The summed E-state index contributed by atoms with van der Waals surface area (Å²) in [5, 5.41) is 49.2. The summed E-state index contributed by atoms with van der Waals surface area (Å²) in [5.41, 5.74) is -0.136. The van der Waals surface area contributed by atoms with Crippen LogP contribution < -0.4 is 0 Å². The van der Waals surface area contributed by atoms with Crippen molar-refractivity contribution >= 4 is 27.5 Å². The summed E-state index contributed by atoms with van der Waals surface area (Å²) in [7, 11) is 0. The second-order valence-corrected chi connectivity index (χ2v) is 4.69. The molecule has 21 heavy (non-hydrogen) atoms. The molecule has 6 heteroatoms. The molecule has 3 aromatic carbocycles. The molecule has 0 heterocycles. The third-order valence-corrected chi connectivity index (χ3v) is 3.31. The Labute approximate surface area is 117 Å². The topological polar surface area (TPSA) is 118 Å². The van der Waals surface area contributed by atoms with Crippen molar-refractivity contribution in [2.45, 2.75) is 0 Å². The summed E-state index contributed by atoms with van der Waals surface area (Å²) in [4.78, 5) is 11.0. The second kappa shape index (κ2) is 4.17. The average molecular weight is 286 g/mol. The first-order valence-corrected chi connectivity index (χ1v) is 5.96. The fourth-order valence-corrected chi connectivity index (χ4v) is 2.44. The molecule has 0 aliphatic heterocycles. The molecule has 6 nitrogen and oxygen atoms in total. The van der Waals surface area contributed by atoms with Crippen LogP contribution in [0.1, 0.15) is 10.4 Å². The minimum Gasteiger partial charge on any atom is -0.508 e. The number of benzene rings is 3. The minimum absolute atomic E-state index is 0.0356. The number of aromatic hydroxyl groups is 4. The lowest BCUT2D eigenvalue weighted by Gasteiger charge is -2.10. The largest absolute Gasteiger partial charge is 0.508 e. The van der Waals surface area contributed by atoms with Gasteiger partial charge in [-0.3, -0.25) is 0 Å². The molecule has 3 rings (SSSR count). The van der Waals surface area contributed by atoms with Gasteiger partial charge in [0.25, 0.3) is 0 Å². The van der Waals surface area contributed by atoms with Crippen molar-refractivity contribution in [1.82, 2.24) is 0 Å². The molecule has 0 aliphatic carbocycles. The van der Waals surface area contributed by atoms with Gasteiger partial charge in [-0.25, -0.2) is 4.79 Å². The number of carboxylic acids is 1. The van der Waals surface area contributed by atoms with Gasteiger partial charge in [0.05, 0.1) is 16.3 Å². The van der Waals surface area contributed by atoms with Crippen molar-refractivity contribution < 1.29 is 30.3 Å².